The van der Waals surface area contributed by atoms with E-state index in [2.05, 4.69) is 188 Å². The fraction of sp³-hybridized carbons (Fsp3) is 0. The Morgan fingerprint density at radius 1 is 0.302 bits per heavy atom. The van der Waals surface area contributed by atoms with E-state index in [9.17, 15) is 0 Å². The van der Waals surface area contributed by atoms with E-state index in [1.807, 2.05) is 36.4 Å². The minimum absolute atomic E-state index is 0.656. The van der Waals surface area contributed by atoms with Crippen LogP contribution >= 0.6 is 0 Å². The number of rotatable bonds is 7. The summed E-state index contributed by atoms with van der Waals surface area (Å²) in [5, 5.41) is 5.67. The number of hydrogen-bond acceptors (Lipinski definition) is 4. The lowest BCUT2D eigenvalue weighted by molar-refractivity contribution is 0.670. The van der Waals surface area contributed by atoms with Crippen LogP contribution in [-0.2, 0) is 0 Å². The van der Waals surface area contributed by atoms with Crippen molar-refractivity contribution in [3.63, 3.8) is 0 Å². The quantitative estimate of drug-likeness (QED) is 0.151. The Kier molecular flexibility index (Phi) is 8.79. The largest absolute Gasteiger partial charge is 0.455 e. The predicted molar refractivity (Wildman–Crippen MR) is 260 cm³/mol. The summed E-state index contributed by atoms with van der Waals surface area (Å²) in [5.41, 5.74) is 15.6. The lowest BCUT2D eigenvalue weighted by Crippen LogP contribution is -1.97. The zero-order valence-corrected chi connectivity index (χ0v) is 34.1. The summed E-state index contributed by atoms with van der Waals surface area (Å²) in [7, 11) is 0. The molecule has 9 aromatic carbocycles. The Balaban J connectivity index is 1.11. The van der Waals surface area contributed by atoms with E-state index in [0.717, 1.165) is 100.0 Å². The van der Waals surface area contributed by atoms with Crippen LogP contribution in [0.2, 0.25) is 0 Å². The van der Waals surface area contributed by atoms with Crippen molar-refractivity contribution in [3.05, 3.63) is 224 Å². The molecule has 0 fully saturated rings. The third kappa shape index (κ3) is 6.62. The standard InChI is InChI=1S/C59H37N3O/c1-4-15-38(16-5-1)39-27-29-42(30-28-39)54-37-55(62-59(61-54)43-20-8-3-9-21-43)46-34-44(48-24-14-25-50-49-23-12-13-26-56(49)63-58(48)50)33-45(35-46)53-36-51(40-17-6-2-7-18-40)57-47-22-11-10-19-41(47)31-32-52(57)60-53/h1-37H. The van der Waals surface area contributed by atoms with Gasteiger partial charge >= 0.3 is 0 Å². The van der Waals surface area contributed by atoms with Gasteiger partial charge in [0.25, 0.3) is 0 Å². The predicted octanol–water partition coefficient (Wildman–Crippen LogP) is 15.7. The van der Waals surface area contributed by atoms with E-state index in [0.29, 0.717) is 5.82 Å². The summed E-state index contributed by atoms with van der Waals surface area (Å²) in [6.07, 6.45) is 0. The molecule has 0 aliphatic carbocycles. The Labute approximate surface area is 364 Å². The zero-order chi connectivity index (χ0) is 41.7. The van der Waals surface area contributed by atoms with Gasteiger partial charge in [0.1, 0.15) is 11.2 Å². The molecule has 0 saturated carbocycles. The van der Waals surface area contributed by atoms with Crippen molar-refractivity contribution in [2.24, 2.45) is 0 Å². The van der Waals surface area contributed by atoms with E-state index in [4.69, 9.17) is 19.4 Å². The molecule has 0 aliphatic rings. The lowest BCUT2D eigenvalue weighted by Gasteiger charge is -2.15. The highest BCUT2D eigenvalue weighted by Gasteiger charge is 2.19. The van der Waals surface area contributed by atoms with Gasteiger partial charge in [-0.05, 0) is 81.1 Å². The molecular weight excluding hydrogens is 767 g/mol. The molecule has 0 aliphatic heterocycles. The molecule has 3 heterocycles. The molecule has 12 rings (SSSR count). The van der Waals surface area contributed by atoms with Crippen LogP contribution in [0.5, 0.6) is 0 Å². The van der Waals surface area contributed by atoms with Gasteiger partial charge in [-0.1, -0.05) is 182 Å². The van der Waals surface area contributed by atoms with Crippen LogP contribution in [0.3, 0.4) is 0 Å². The highest BCUT2D eigenvalue weighted by Crippen LogP contribution is 2.42. The number of nitrogens with zero attached hydrogens (tertiary/aromatic N) is 3. The summed E-state index contributed by atoms with van der Waals surface area (Å²) in [4.78, 5) is 16.0. The number of hydrogen-bond donors (Lipinski definition) is 0. The number of benzene rings is 9. The van der Waals surface area contributed by atoms with Gasteiger partial charge in [0.2, 0.25) is 0 Å². The van der Waals surface area contributed by atoms with Gasteiger partial charge in [0.05, 0.1) is 22.6 Å². The van der Waals surface area contributed by atoms with Crippen LogP contribution in [-0.4, -0.2) is 15.0 Å². The molecule has 4 heteroatoms. The molecule has 12 aromatic rings. The Hall–Kier alpha value is -8.47. The number of para-hydroxylation sites is 2. The number of fused-ring (bicyclic) bond motifs is 6. The van der Waals surface area contributed by atoms with Gasteiger partial charge in [-0.25, -0.2) is 15.0 Å². The van der Waals surface area contributed by atoms with Crippen molar-refractivity contribution in [1.29, 1.82) is 0 Å². The van der Waals surface area contributed by atoms with E-state index in [1.54, 1.807) is 0 Å². The maximum absolute atomic E-state index is 6.66. The van der Waals surface area contributed by atoms with E-state index in [-0.39, 0.29) is 0 Å². The molecular formula is C59H37N3O. The van der Waals surface area contributed by atoms with E-state index < -0.39 is 0 Å². The zero-order valence-electron chi connectivity index (χ0n) is 34.1. The smallest absolute Gasteiger partial charge is 0.160 e. The average molecular weight is 804 g/mol. The molecule has 0 amide bonds. The van der Waals surface area contributed by atoms with Crippen molar-refractivity contribution >= 4 is 43.6 Å². The second-order valence-electron chi connectivity index (χ2n) is 16.0. The first-order valence-corrected chi connectivity index (χ1v) is 21.2. The molecule has 0 unspecified atom stereocenters. The molecule has 63 heavy (non-hydrogen) atoms. The minimum Gasteiger partial charge on any atom is -0.455 e. The summed E-state index contributed by atoms with van der Waals surface area (Å²) in [6.45, 7) is 0. The van der Waals surface area contributed by atoms with Crippen LogP contribution in [0.25, 0.3) is 122 Å². The molecule has 294 valence electrons. The van der Waals surface area contributed by atoms with Crippen molar-refractivity contribution in [3.8, 4) is 78.5 Å². The Bertz CT molecular complexity index is 3650. The monoisotopic (exact) mass is 803 g/mol. The van der Waals surface area contributed by atoms with Gasteiger partial charge in [0.15, 0.2) is 5.82 Å². The van der Waals surface area contributed by atoms with Gasteiger partial charge in [-0.3, -0.25) is 0 Å². The topological polar surface area (TPSA) is 51.8 Å². The molecule has 0 bridgehead atoms. The van der Waals surface area contributed by atoms with Gasteiger partial charge < -0.3 is 4.42 Å². The SMILES string of the molecule is c1ccc(-c2ccc(-c3cc(-c4cc(-c5cc(-c6ccccc6)c6c(ccc7ccccc76)n5)cc(-c5cccc6c5oc5ccccc56)c4)nc(-c4ccccc4)n3)cc2)cc1. The van der Waals surface area contributed by atoms with E-state index >= 15 is 0 Å². The highest BCUT2D eigenvalue weighted by atomic mass is 16.3. The van der Waals surface area contributed by atoms with Gasteiger partial charge in [0, 0.05) is 44.0 Å². The molecule has 0 N–H and O–H groups in total. The fourth-order valence-electron chi connectivity index (χ4n) is 8.98. The van der Waals surface area contributed by atoms with Crippen LogP contribution in [0.15, 0.2) is 229 Å². The fourth-order valence-corrected chi connectivity index (χ4v) is 8.98. The molecule has 0 radical (unpaired) electrons. The van der Waals surface area contributed by atoms with Gasteiger partial charge in [-0.2, -0.15) is 0 Å². The summed E-state index contributed by atoms with van der Waals surface area (Å²) >= 11 is 0. The van der Waals surface area contributed by atoms with Crippen molar-refractivity contribution in [2.45, 2.75) is 0 Å². The molecule has 0 spiro atoms. The maximum atomic E-state index is 6.66. The van der Waals surface area contributed by atoms with Crippen LogP contribution in [0.4, 0.5) is 0 Å². The summed E-state index contributed by atoms with van der Waals surface area (Å²) in [5.74, 6) is 0.656. The van der Waals surface area contributed by atoms with Gasteiger partial charge in [-0.15, -0.1) is 0 Å². The van der Waals surface area contributed by atoms with Crippen molar-refractivity contribution in [2.75, 3.05) is 0 Å². The lowest BCUT2D eigenvalue weighted by atomic mass is 9.92. The summed E-state index contributed by atoms with van der Waals surface area (Å²) in [6, 6.07) is 78.6. The van der Waals surface area contributed by atoms with Crippen LogP contribution in [0, 0.1) is 0 Å². The third-order valence-corrected chi connectivity index (χ3v) is 12.1. The first-order chi connectivity index (χ1) is 31.2. The van der Waals surface area contributed by atoms with Crippen molar-refractivity contribution < 1.29 is 4.42 Å². The molecule has 4 nitrogen and oxygen atoms in total. The number of pyridine rings is 1. The normalized spacial score (nSPS) is 11.5. The second-order valence-corrected chi connectivity index (χ2v) is 16.0. The summed E-state index contributed by atoms with van der Waals surface area (Å²) < 4.78 is 6.66. The molecule has 0 atom stereocenters. The Morgan fingerprint density at radius 2 is 0.857 bits per heavy atom. The maximum Gasteiger partial charge on any atom is 0.160 e. The Morgan fingerprint density at radius 3 is 1.60 bits per heavy atom. The second kappa shape index (κ2) is 15.2. The number of furan rings is 1. The van der Waals surface area contributed by atoms with Crippen molar-refractivity contribution in [1.82, 2.24) is 15.0 Å². The number of aromatic nitrogens is 3. The first kappa shape index (κ1) is 36.4. The molecule has 3 aromatic heterocycles. The minimum atomic E-state index is 0.656. The first-order valence-electron chi connectivity index (χ1n) is 21.2. The average Bonchev–Trinajstić information content (AvgIpc) is 3.75. The van der Waals surface area contributed by atoms with Crippen LogP contribution in [0.1, 0.15) is 0 Å². The highest BCUT2D eigenvalue weighted by molar-refractivity contribution is 6.14. The molecule has 0 saturated heterocycles. The van der Waals surface area contributed by atoms with Crippen LogP contribution < -0.4 is 0 Å². The third-order valence-electron chi connectivity index (χ3n) is 12.1. The van der Waals surface area contributed by atoms with E-state index in [1.165, 1.54) is 16.3 Å².